The van der Waals surface area contributed by atoms with Crippen LogP contribution in [-0.4, -0.2) is 53.3 Å². The summed E-state index contributed by atoms with van der Waals surface area (Å²) in [6, 6.07) is 0.0703. The fourth-order valence-corrected chi connectivity index (χ4v) is 3.43. The van der Waals surface area contributed by atoms with Gasteiger partial charge < -0.3 is 5.32 Å². The molecule has 1 aliphatic heterocycles. The van der Waals surface area contributed by atoms with E-state index in [0.29, 0.717) is 5.82 Å². The highest BCUT2D eigenvalue weighted by atomic mass is 32.2. The third kappa shape index (κ3) is 3.50. The molecule has 0 saturated carbocycles. The van der Waals surface area contributed by atoms with E-state index in [4.69, 9.17) is 0 Å². The minimum atomic E-state index is -3.25. The van der Waals surface area contributed by atoms with E-state index in [2.05, 4.69) is 20.5 Å². The lowest BCUT2D eigenvalue weighted by atomic mass is 10.1. The van der Waals surface area contributed by atoms with Gasteiger partial charge in [0.1, 0.15) is 12.2 Å². The van der Waals surface area contributed by atoms with Gasteiger partial charge in [0.2, 0.25) is 10.0 Å². The number of piperidine rings is 1. The molecule has 1 aliphatic rings. The van der Waals surface area contributed by atoms with E-state index in [-0.39, 0.29) is 18.3 Å². The van der Waals surface area contributed by atoms with Crippen molar-refractivity contribution in [3.05, 3.63) is 12.2 Å². The fourth-order valence-electron chi connectivity index (χ4n) is 2.06. The Morgan fingerprint density at radius 3 is 2.94 bits per heavy atom. The second-order valence-corrected chi connectivity index (χ2v) is 6.73. The van der Waals surface area contributed by atoms with Crippen molar-refractivity contribution in [1.29, 1.82) is 0 Å². The second kappa shape index (κ2) is 5.77. The van der Waals surface area contributed by atoms with Gasteiger partial charge >= 0.3 is 0 Å². The Hall–Kier alpha value is -0.990. The zero-order valence-electron chi connectivity index (χ0n) is 10.5. The van der Waals surface area contributed by atoms with Crippen molar-refractivity contribution in [1.82, 2.24) is 24.8 Å². The summed E-state index contributed by atoms with van der Waals surface area (Å²) in [5.74, 6) is 0.704. The van der Waals surface area contributed by atoms with E-state index in [9.17, 15) is 8.42 Å². The zero-order chi connectivity index (χ0) is 13.0. The Morgan fingerprint density at radius 1 is 1.50 bits per heavy atom. The molecule has 1 atom stereocenters. The Kier molecular flexibility index (Phi) is 4.31. The van der Waals surface area contributed by atoms with E-state index in [1.807, 2.05) is 0 Å². The highest BCUT2D eigenvalue weighted by Crippen LogP contribution is 2.12. The Morgan fingerprint density at radius 2 is 2.33 bits per heavy atom. The minimum Gasteiger partial charge on any atom is -0.313 e. The number of H-pyrrole nitrogens is 1. The third-order valence-corrected chi connectivity index (χ3v) is 5.04. The summed E-state index contributed by atoms with van der Waals surface area (Å²) in [5.41, 5.74) is 0. The molecule has 102 valence electrons. The van der Waals surface area contributed by atoms with Gasteiger partial charge in [-0.05, 0) is 19.4 Å². The van der Waals surface area contributed by atoms with Crippen LogP contribution in [0, 0.1) is 0 Å². The molecule has 1 fully saturated rings. The predicted octanol–water partition coefficient (Wildman–Crippen LogP) is -0.292. The molecule has 0 aliphatic carbocycles. The van der Waals surface area contributed by atoms with Gasteiger partial charge in [-0.15, -0.1) is 0 Å². The van der Waals surface area contributed by atoms with Crippen LogP contribution in [0.25, 0.3) is 0 Å². The molecule has 0 aromatic carbocycles. The number of nitrogens with zero attached hydrogens (tertiary/aromatic N) is 3. The largest absolute Gasteiger partial charge is 0.313 e. The first-order chi connectivity index (χ1) is 8.58. The molecular weight excluding hydrogens is 254 g/mol. The fraction of sp³-hybridized carbons (Fsp3) is 0.800. The predicted molar refractivity (Wildman–Crippen MR) is 67.3 cm³/mol. The van der Waals surface area contributed by atoms with Crippen LogP contribution < -0.4 is 5.32 Å². The SMILES string of the molecule is CN(Cc1ncn[nH]1)S(=O)(=O)CC1CCCCN1. The highest BCUT2D eigenvalue weighted by molar-refractivity contribution is 7.89. The van der Waals surface area contributed by atoms with Crippen LogP contribution in [0.4, 0.5) is 0 Å². The summed E-state index contributed by atoms with van der Waals surface area (Å²) in [7, 11) is -1.68. The summed E-state index contributed by atoms with van der Waals surface area (Å²) < 4.78 is 25.6. The smallest absolute Gasteiger partial charge is 0.215 e. The lowest BCUT2D eigenvalue weighted by Gasteiger charge is -2.25. The van der Waals surface area contributed by atoms with Crippen molar-refractivity contribution >= 4 is 10.0 Å². The van der Waals surface area contributed by atoms with E-state index in [1.165, 1.54) is 10.6 Å². The van der Waals surface area contributed by atoms with Crippen LogP contribution in [0.3, 0.4) is 0 Å². The van der Waals surface area contributed by atoms with E-state index < -0.39 is 10.0 Å². The first-order valence-electron chi connectivity index (χ1n) is 6.09. The Labute approximate surface area is 107 Å². The third-order valence-electron chi connectivity index (χ3n) is 3.14. The molecule has 7 nitrogen and oxygen atoms in total. The molecule has 2 rings (SSSR count). The number of aromatic nitrogens is 3. The van der Waals surface area contributed by atoms with Gasteiger partial charge in [-0.1, -0.05) is 6.42 Å². The summed E-state index contributed by atoms with van der Waals surface area (Å²) >= 11 is 0. The average molecular weight is 273 g/mol. The standard InChI is InChI=1S/C10H19N5O2S/c1-15(6-10-12-8-13-14-10)18(16,17)7-9-4-2-3-5-11-9/h8-9,11H,2-7H2,1H3,(H,12,13,14). The topological polar surface area (TPSA) is 91.0 Å². The molecule has 2 N–H and O–H groups in total. The maximum absolute atomic E-state index is 12.1. The van der Waals surface area contributed by atoms with Gasteiger partial charge in [-0.2, -0.15) is 9.40 Å². The van der Waals surface area contributed by atoms with Crippen molar-refractivity contribution < 1.29 is 8.42 Å². The average Bonchev–Trinajstić information content (AvgIpc) is 2.82. The highest BCUT2D eigenvalue weighted by Gasteiger charge is 2.25. The Balaban J connectivity index is 1.92. The summed E-state index contributed by atoms with van der Waals surface area (Å²) in [6.07, 6.45) is 4.53. The maximum atomic E-state index is 12.1. The first kappa shape index (κ1) is 13.4. The second-order valence-electron chi connectivity index (χ2n) is 4.61. The molecule has 0 spiro atoms. The maximum Gasteiger partial charge on any atom is 0.215 e. The molecule has 0 bridgehead atoms. The number of hydrogen-bond acceptors (Lipinski definition) is 5. The summed E-state index contributed by atoms with van der Waals surface area (Å²) in [4.78, 5) is 3.93. The van der Waals surface area contributed by atoms with Crippen molar-refractivity contribution in [2.45, 2.75) is 31.8 Å². The van der Waals surface area contributed by atoms with Crippen LogP contribution in [0.2, 0.25) is 0 Å². The molecule has 1 aromatic heterocycles. The molecular formula is C10H19N5O2S. The van der Waals surface area contributed by atoms with E-state index >= 15 is 0 Å². The quantitative estimate of drug-likeness (QED) is 0.769. The number of sulfonamides is 1. The molecule has 0 amide bonds. The molecule has 18 heavy (non-hydrogen) atoms. The monoisotopic (exact) mass is 273 g/mol. The number of aromatic amines is 1. The van der Waals surface area contributed by atoms with Crippen molar-refractivity contribution in [3.8, 4) is 0 Å². The minimum absolute atomic E-state index is 0.0703. The van der Waals surface area contributed by atoms with Crippen LogP contribution in [0.1, 0.15) is 25.1 Å². The number of nitrogens with one attached hydrogen (secondary N) is 2. The molecule has 1 aromatic rings. The number of hydrogen-bond donors (Lipinski definition) is 2. The zero-order valence-corrected chi connectivity index (χ0v) is 11.3. The molecule has 2 heterocycles. The van der Waals surface area contributed by atoms with Crippen LogP contribution in [0.5, 0.6) is 0 Å². The van der Waals surface area contributed by atoms with Crippen molar-refractivity contribution in [2.75, 3.05) is 19.3 Å². The van der Waals surface area contributed by atoms with Crippen molar-refractivity contribution in [2.24, 2.45) is 0 Å². The van der Waals surface area contributed by atoms with Crippen LogP contribution in [0.15, 0.2) is 6.33 Å². The molecule has 0 radical (unpaired) electrons. The van der Waals surface area contributed by atoms with Crippen LogP contribution >= 0.6 is 0 Å². The normalized spacial score (nSPS) is 21.3. The van der Waals surface area contributed by atoms with Gasteiger partial charge in [0.05, 0.1) is 12.3 Å². The van der Waals surface area contributed by atoms with E-state index in [0.717, 1.165) is 25.8 Å². The van der Waals surface area contributed by atoms with Gasteiger partial charge in [0.25, 0.3) is 0 Å². The van der Waals surface area contributed by atoms with Gasteiger partial charge in [0, 0.05) is 13.1 Å². The van der Waals surface area contributed by atoms with E-state index in [1.54, 1.807) is 7.05 Å². The molecule has 8 heteroatoms. The Bertz CT molecular complexity index is 453. The van der Waals surface area contributed by atoms with Gasteiger partial charge in [0.15, 0.2) is 0 Å². The molecule has 1 saturated heterocycles. The molecule has 1 unspecified atom stereocenters. The first-order valence-corrected chi connectivity index (χ1v) is 7.70. The van der Waals surface area contributed by atoms with Crippen molar-refractivity contribution in [3.63, 3.8) is 0 Å². The van der Waals surface area contributed by atoms with Crippen LogP contribution in [-0.2, 0) is 16.6 Å². The lowest BCUT2D eigenvalue weighted by Crippen LogP contribution is -2.43. The summed E-state index contributed by atoms with van der Waals surface area (Å²) in [6.45, 7) is 1.14. The van der Waals surface area contributed by atoms with Gasteiger partial charge in [-0.3, -0.25) is 5.10 Å². The summed E-state index contributed by atoms with van der Waals surface area (Å²) in [5, 5.41) is 9.61. The van der Waals surface area contributed by atoms with Gasteiger partial charge in [-0.25, -0.2) is 13.4 Å². The lowest BCUT2D eigenvalue weighted by molar-refractivity contribution is 0.406. The number of rotatable bonds is 5.